The van der Waals surface area contributed by atoms with E-state index in [1.807, 2.05) is 0 Å². The van der Waals surface area contributed by atoms with Crippen molar-refractivity contribution in [3.63, 3.8) is 0 Å². The van der Waals surface area contributed by atoms with Gasteiger partial charge in [-0.1, -0.05) is 0 Å². The van der Waals surface area contributed by atoms with Gasteiger partial charge in [-0.25, -0.2) is 0 Å². The third-order valence-electron chi connectivity index (χ3n) is 2.99. The number of aliphatic carboxylic acids is 1. The molecule has 0 saturated carbocycles. The summed E-state index contributed by atoms with van der Waals surface area (Å²) in [5.41, 5.74) is 10.3. The normalized spacial score (nSPS) is 15.2. The second kappa shape index (κ2) is 10.2. The number of carbonyl (C=O) groups excluding carboxylic acids is 4. The number of rotatable bonds is 10. The van der Waals surface area contributed by atoms with Gasteiger partial charge < -0.3 is 37.6 Å². The van der Waals surface area contributed by atoms with E-state index in [9.17, 15) is 29.1 Å². The molecule has 0 radical (unpaired) electrons. The number of nitrogens with one attached hydrogen (secondary N) is 3. The molecule has 0 aliphatic heterocycles. The lowest BCUT2D eigenvalue weighted by atomic mass is 10.1. The SMILES string of the molecule is CC(NC(=O)C(NC(=O)CNC(=O)C(N)CC(N)=O)C(C)O)C(=O)O. The van der Waals surface area contributed by atoms with E-state index in [1.54, 1.807) is 0 Å². The van der Waals surface area contributed by atoms with Crippen LogP contribution in [0.2, 0.25) is 0 Å². The van der Waals surface area contributed by atoms with Crippen LogP contribution in [-0.2, 0) is 24.0 Å². The first-order valence-corrected chi connectivity index (χ1v) is 7.27. The Kier molecular flexibility index (Phi) is 9.09. The zero-order valence-corrected chi connectivity index (χ0v) is 13.8. The monoisotopic (exact) mass is 361 g/mol. The highest BCUT2D eigenvalue weighted by molar-refractivity contribution is 5.93. The van der Waals surface area contributed by atoms with Crippen LogP contribution in [0.1, 0.15) is 20.3 Å². The second-order valence-electron chi connectivity index (χ2n) is 5.35. The Bertz CT molecular complexity index is 537. The number of primary amides is 1. The molecule has 0 aromatic carbocycles. The molecule has 0 aromatic heterocycles. The van der Waals surface area contributed by atoms with Crippen LogP contribution in [0.3, 0.4) is 0 Å². The Balaban J connectivity index is 4.60. The molecule has 0 fully saturated rings. The minimum atomic E-state index is -1.43. The van der Waals surface area contributed by atoms with Crippen molar-refractivity contribution in [1.82, 2.24) is 16.0 Å². The Labute approximate surface area is 143 Å². The molecule has 0 aliphatic rings. The van der Waals surface area contributed by atoms with E-state index in [0.29, 0.717) is 0 Å². The fourth-order valence-electron chi connectivity index (χ4n) is 1.60. The van der Waals surface area contributed by atoms with Crippen LogP contribution in [0.4, 0.5) is 0 Å². The van der Waals surface area contributed by atoms with Gasteiger partial charge in [0.2, 0.25) is 23.6 Å². The number of carbonyl (C=O) groups is 5. The molecule has 142 valence electrons. The molecule has 0 bridgehead atoms. The summed E-state index contributed by atoms with van der Waals surface area (Å²) in [4.78, 5) is 56.6. The highest BCUT2D eigenvalue weighted by Crippen LogP contribution is 1.95. The summed E-state index contributed by atoms with van der Waals surface area (Å²) in [6.07, 6.45) is -1.73. The Morgan fingerprint density at radius 3 is 2.04 bits per heavy atom. The van der Waals surface area contributed by atoms with Crippen molar-refractivity contribution in [1.29, 1.82) is 0 Å². The van der Waals surface area contributed by atoms with Gasteiger partial charge in [0.15, 0.2) is 0 Å². The molecule has 0 rings (SSSR count). The average Bonchev–Trinajstić information content (AvgIpc) is 2.48. The van der Waals surface area contributed by atoms with Crippen molar-refractivity contribution in [2.45, 2.75) is 44.5 Å². The van der Waals surface area contributed by atoms with Crippen molar-refractivity contribution in [3.05, 3.63) is 0 Å². The van der Waals surface area contributed by atoms with Crippen molar-refractivity contribution < 1.29 is 34.2 Å². The molecule has 4 atom stereocenters. The standard InChI is InChI=1S/C13H23N5O7/c1-5(13(24)25)17-12(23)10(6(2)19)18-9(21)4-16-11(22)7(14)3-8(15)20/h5-7,10,19H,3-4,14H2,1-2H3,(H2,15,20)(H,16,22)(H,17,23)(H,18,21)(H,24,25). The maximum absolute atomic E-state index is 11.9. The van der Waals surface area contributed by atoms with E-state index in [1.165, 1.54) is 13.8 Å². The van der Waals surface area contributed by atoms with E-state index in [-0.39, 0.29) is 0 Å². The van der Waals surface area contributed by atoms with Crippen LogP contribution in [0, 0.1) is 0 Å². The molecule has 0 heterocycles. The Morgan fingerprint density at radius 2 is 1.60 bits per heavy atom. The number of carboxylic acids is 1. The highest BCUT2D eigenvalue weighted by Gasteiger charge is 2.28. The lowest BCUT2D eigenvalue weighted by molar-refractivity contribution is -0.142. The largest absolute Gasteiger partial charge is 0.480 e. The third kappa shape index (κ3) is 8.62. The number of amides is 4. The topological polar surface area (TPSA) is 214 Å². The van der Waals surface area contributed by atoms with Gasteiger partial charge in [-0.3, -0.25) is 24.0 Å². The Morgan fingerprint density at radius 1 is 1.04 bits per heavy atom. The van der Waals surface area contributed by atoms with Gasteiger partial charge in [0.25, 0.3) is 0 Å². The summed E-state index contributed by atoms with van der Waals surface area (Å²) >= 11 is 0. The molecule has 0 spiro atoms. The van der Waals surface area contributed by atoms with Gasteiger partial charge in [0, 0.05) is 0 Å². The molecule has 12 nitrogen and oxygen atoms in total. The van der Waals surface area contributed by atoms with Crippen molar-refractivity contribution in [2.75, 3.05) is 6.54 Å². The first kappa shape index (κ1) is 22.3. The lowest BCUT2D eigenvalue weighted by Crippen LogP contribution is -2.57. The molecular weight excluding hydrogens is 338 g/mol. The van der Waals surface area contributed by atoms with Crippen molar-refractivity contribution >= 4 is 29.6 Å². The fourth-order valence-corrected chi connectivity index (χ4v) is 1.60. The lowest BCUT2D eigenvalue weighted by Gasteiger charge is -2.22. The van der Waals surface area contributed by atoms with E-state index < -0.39 is 66.8 Å². The number of hydrogen-bond donors (Lipinski definition) is 7. The summed E-state index contributed by atoms with van der Waals surface area (Å²) in [6.45, 7) is 1.86. The second-order valence-corrected chi connectivity index (χ2v) is 5.35. The van der Waals surface area contributed by atoms with E-state index in [4.69, 9.17) is 16.6 Å². The van der Waals surface area contributed by atoms with E-state index in [0.717, 1.165) is 0 Å². The number of aliphatic hydroxyl groups is 1. The van der Waals surface area contributed by atoms with Crippen LogP contribution in [0.5, 0.6) is 0 Å². The van der Waals surface area contributed by atoms with Gasteiger partial charge >= 0.3 is 5.97 Å². The fraction of sp³-hybridized carbons (Fsp3) is 0.615. The zero-order valence-electron chi connectivity index (χ0n) is 13.8. The van der Waals surface area contributed by atoms with Crippen LogP contribution >= 0.6 is 0 Å². The van der Waals surface area contributed by atoms with Gasteiger partial charge in [-0.05, 0) is 13.8 Å². The summed E-state index contributed by atoms with van der Waals surface area (Å²) in [5, 5.41) is 24.7. The first-order valence-electron chi connectivity index (χ1n) is 7.27. The molecule has 4 amide bonds. The van der Waals surface area contributed by atoms with Gasteiger partial charge in [0.05, 0.1) is 25.1 Å². The van der Waals surface area contributed by atoms with Crippen molar-refractivity contribution in [2.24, 2.45) is 11.5 Å². The molecule has 25 heavy (non-hydrogen) atoms. The van der Waals surface area contributed by atoms with Crippen molar-refractivity contribution in [3.8, 4) is 0 Å². The minimum Gasteiger partial charge on any atom is -0.480 e. The summed E-state index contributed by atoms with van der Waals surface area (Å²) < 4.78 is 0. The quantitative estimate of drug-likeness (QED) is 0.202. The van der Waals surface area contributed by atoms with Crippen LogP contribution in [0.15, 0.2) is 0 Å². The van der Waals surface area contributed by atoms with Crippen LogP contribution < -0.4 is 27.4 Å². The summed E-state index contributed by atoms with van der Waals surface area (Å²) in [6, 6.07) is -3.87. The highest BCUT2D eigenvalue weighted by atomic mass is 16.4. The first-order chi connectivity index (χ1) is 11.5. The van der Waals surface area contributed by atoms with E-state index in [2.05, 4.69) is 16.0 Å². The number of hydrogen-bond acceptors (Lipinski definition) is 7. The van der Waals surface area contributed by atoms with Gasteiger partial charge in [-0.2, -0.15) is 0 Å². The summed E-state index contributed by atoms with van der Waals surface area (Å²) in [7, 11) is 0. The Hall–Kier alpha value is -2.73. The molecule has 0 aliphatic carbocycles. The summed E-state index contributed by atoms with van der Waals surface area (Å²) in [5.74, 6) is -4.62. The molecule has 0 aromatic rings. The number of carboxylic acid groups (broad SMARTS) is 1. The average molecular weight is 361 g/mol. The predicted octanol–water partition coefficient (Wildman–Crippen LogP) is -4.24. The number of aliphatic hydroxyl groups excluding tert-OH is 1. The van der Waals surface area contributed by atoms with Crippen LogP contribution in [0.25, 0.3) is 0 Å². The minimum absolute atomic E-state index is 0.404. The zero-order chi connectivity index (χ0) is 19.7. The molecule has 12 heteroatoms. The van der Waals surface area contributed by atoms with Gasteiger partial charge in [0.1, 0.15) is 12.1 Å². The molecular formula is C13H23N5O7. The van der Waals surface area contributed by atoms with Crippen LogP contribution in [-0.4, -0.2) is 70.6 Å². The number of nitrogens with two attached hydrogens (primary N) is 2. The van der Waals surface area contributed by atoms with E-state index >= 15 is 0 Å². The molecule has 9 N–H and O–H groups in total. The third-order valence-corrected chi connectivity index (χ3v) is 2.99. The maximum Gasteiger partial charge on any atom is 0.325 e. The molecule has 0 saturated heterocycles. The predicted molar refractivity (Wildman–Crippen MR) is 83.6 cm³/mol. The maximum atomic E-state index is 11.9. The molecule has 4 unspecified atom stereocenters. The van der Waals surface area contributed by atoms with Gasteiger partial charge in [-0.15, -0.1) is 0 Å². The smallest absolute Gasteiger partial charge is 0.325 e.